The third-order valence-electron chi connectivity index (χ3n) is 2.10. The first-order valence-electron chi connectivity index (χ1n) is 5.39. The van der Waals surface area contributed by atoms with Crippen LogP contribution in [0.15, 0.2) is 24.3 Å². The molecule has 6 nitrogen and oxygen atoms in total. The molecule has 0 saturated carbocycles. The summed E-state index contributed by atoms with van der Waals surface area (Å²) in [7, 11) is 0. The van der Waals surface area contributed by atoms with E-state index in [-0.39, 0.29) is 6.10 Å². The summed E-state index contributed by atoms with van der Waals surface area (Å²) in [5, 5.41) is 19.4. The van der Waals surface area contributed by atoms with Gasteiger partial charge in [-0.25, -0.2) is 9.59 Å². The molecule has 1 amide bonds. The molecule has 0 spiro atoms. The standard InChI is InChI=1S/C12H15NO5/c1-7(2)18-9-5-3-8(4-6-9)10(11(14)15)13-12(16)17/h3-7,10,13H,1-2H3,(H,14,15)(H,16,17). The second-order valence-corrected chi connectivity index (χ2v) is 3.96. The van der Waals surface area contributed by atoms with E-state index in [0.29, 0.717) is 11.3 Å². The second-order valence-electron chi connectivity index (χ2n) is 3.96. The number of benzene rings is 1. The Morgan fingerprint density at radius 1 is 1.17 bits per heavy atom. The highest BCUT2D eigenvalue weighted by Crippen LogP contribution is 2.19. The molecule has 1 rings (SSSR count). The van der Waals surface area contributed by atoms with E-state index in [1.165, 1.54) is 12.1 Å². The molecule has 0 aliphatic heterocycles. The molecule has 6 heteroatoms. The normalized spacial score (nSPS) is 11.9. The van der Waals surface area contributed by atoms with Crippen molar-refractivity contribution in [3.8, 4) is 5.75 Å². The maximum Gasteiger partial charge on any atom is 0.405 e. The number of hydrogen-bond acceptors (Lipinski definition) is 3. The van der Waals surface area contributed by atoms with Gasteiger partial charge in [0.2, 0.25) is 0 Å². The lowest BCUT2D eigenvalue weighted by Gasteiger charge is -2.14. The van der Waals surface area contributed by atoms with Gasteiger partial charge in [0, 0.05) is 0 Å². The number of hydrogen-bond donors (Lipinski definition) is 3. The van der Waals surface area contributed by atoms with Crippen molar-refractivity contribution in [1.82, 2.24) is 5.32 Å². The monoisotopic (exact) mass is 253 g/mol. The van der Waals surface area contributed by atoms with Crippen LogP contribution in [0.4, 0.5) is 4.79 Å². The molecule has 1 unspecified atom stereocenters. The van der Waals surface area contributed by atoms with Gasteiger partial charge in [0.25, 0.3) is 0 Å². The number of ether oxygens (including phenoxy) is 1. The molecule has 18 heavy (non-hydrogen) atoms. The molecule has 1 atom stereocenters. The van der Waals surface area contributed by atoms with Gasteiger partial charge in [0.05, 0.1) is 6.10 Å². The maximum absolute atomic E-state index is 10.9. The first-order valence-corrected chi connectivity index (χ1v) is 5.39. The predicted octanol–water partition coefficient (Wildman–Crippen LogP) is 1.87. The van der Waals surface area contributed by atoms with Crippen LogP contribution in [0.5, 0.6) is 5.75 Å². The van der Waals surface area contributed by atoms with Gasteiger partial charge < -0.3 is 20.3 Å². The van der Waals surface area contributed by atoms with Crippen LogP contribution in [0, 0.1) is 0 Å². The molecule has 0 radical (unpaired) electrons. The number of carboxylic acid groups (broad SMARTS) is 2. The van der Waals surface area contributed by atoms with Gasteiger partial charge in [-0.3, -0.25) is 0 Å². The Labute approximate surface area is 104 Å². The Morgan fingerprint density at radius 3 is 2.11 bits per heavy atom. The fourth-order valence-electron chi connectivity index (χ4n) is 1.42. The molecule has 1 aromatic rings. The van der Waals surface area contributed by atoms with Crippen molar-refractivity contribution in [1.29, 1.82) is 0 Å². The summed E-state index contributed by atoms with van der Waals surface area (Å²) in [6, 6.07) is 4.97. The van der Waals surface area contributed by atoms with Gasteiger partial charge >= 0.3 is 12.1 Å². The lowest BCUT2D eigenvalue weighted by molar-refractivity contribution is -0.139. The molecule has 3 N–H and O–H groups in total. The van der Waals surface area contributed by atoms with Gasteiger partial charge in [0.15, 0.2) is 6.04 Å². The molecule has 0 heterocycles. The summed E-state index contributed by atoms with van der Waals surface area (Å²) in [6.07, 6.45) is -1.37. The Morgan fingerprint density at radius 2 is 1.72 bits per heavy atom. The Balaban J connectivity index is 2.86. The fraction of sp³-hybridized carbons (Fsp3) is 0.333. The fourth-order valence-corrected chi connectivity index (χ4v) is 1.42. The summed E-state index contributed by atoms with van der Waals surface area (Å²) < 4.78 is 5.41. The number of amides is 1. The third kappa shape index (κ3) is 3.97. The van der Waals surface area contributed by atoms with Crippen molar-refractivity contribution in [3.63, 3.8) is 0 Å². The first kappa shape index (κ1) is 13.8. The van der Waals surface area contributed by atoms with Crippen LogP contribution in [0.25, 0.3) is 0 Å². The highest BCUT2D eigenvalue weighted by atomic mass is 16.5. The molecule has 0 aromatic heterocycles. The average Bonchev–Trinajstić information content (AvgIpc) is 2.26. The zero-order valence-corrected chi connectivity index (χ0v) is 10.1. The molecular formula is C12H15NO5. The van der Waals surface area contributed by atoms with Crippen LogP contribution >= 0.6 is 0 Å². The first-order chi connectivity index (χ1) is 8.40. The van der Waals surface area contributed by atoms with Gasteiger partial charge in [0.1, 0.15) is 5.75 Å². The van der Waals surface area contributed by atoms with E-state index in [4.69, 9.17) is 14.9 Å². The number of carboxylic acids is 1. The van der Waals surface area contributed by atoms with Gasteiger partial charge in [-0.05, 0) is 31.5 Å². The van der Waals surface area contributed by atoms with E-state index >= 15 is 0 Å². The van der Waals surface area contributed by atoms with E-state index in [9.17, 15) is 9.59 Å². The lowest BCUT2D eigenvalue weighted by Crippen LogP contribution is -2.32. The Hall–Kier alpha value is -2.24. The van der Waals surface area contributed by atoms with Crippen molar-refractivity contribution in [2.75, 3.05) is 0 Å². The van der Waals surface area contributed by atoms with Crippen molar-refractivity contribution in [3.05, 3.63) is 29.8 Å². The van der Waals surface area contributed by atoms with Crippen LogP contribution in [-0.4, -0.2) is 28.4 Å². The summed E-state index contributed by atoms with van der Waals surface area (Å²) in [5.74, 6) is -0.650. The quantitative estimate of drug-likeness (QED) is 0.744. The summed E-state index contributed by atoms with van der Waals surface area (Å²) in [4.78, 5) is 21.4. The van der Waals surface area contributed by atoms with E-state index in [2.05, 4.69) is 0 Å². The molecule has 1 aromatic carbocycles. The van der Waals surface area contributed by atoms with Crippen LogP contribution in [0.3, 0.4) is 0 Å². The predicted molar refractivity (Wildman–Crippen MR) is 63.7 cm³/mol. The highest BCUT2D eigenvalue weighted by molar-refractivity contribution is 5.80. The number of aliphatic carboxylic acids is 1. The van der Waals surface area contributed by atoms with E-state index in [0.717, 1.165) is 0 Å². The lowest BCUT2D eigenvalue weighted by atomic mass is 10.1. The number of rotatable bonds is 5. The van der Waals surface area contributed by atoms with E-state index in [1.807, 2.05) is 19.2 Å². The summed E-state index contributed by atoms with van der Waals surface area (Å²) >= 11 is 0. The minimum Gasteiger partial charge on any atom is -0.491 e. The summed E-state index contributed by atoms with van der Waals surface area (Å²) in [5.41, 5.74) is 0.348. The van der Waals surface area contributed by atoms with Crippen LogP contribution in [0.1, 0.15) is 25.5 Å². The molecule has 0 aliphatic rings. The van der Waals surface area contributed by atoms with E-state index in [1.54, 1.807) is 12.1 Å². The SMILES string of the molecule is CC(C)Oc1ccc(C(NC(=O)O)C(=O)O)cc1. The van der Waals surface area contributed by atoms with Crippen molar-refractivity contribution >= 4 is 12.1 Å². The molecule has 0 bridgehead atoms. The van der Waals surface area contributed by atoms with Crippen molar-refractivity contribution in [2.24, 2.45) is 0 Å². The zero-order chi connectivity index (χ0) is 13.7. The minimum atomic E-state index is -1.38. The third-order valence-corrected chi connectivity index (χ3v) is 2.10. The zero-order valence-electron chi connectivity index (χ0n) is 10.1. The molecule has 0 aliphatic carbocycles. The second kappa shape index (κ2) is 5.90. The van der Waals surface area contributed by atoms with E-state index < -0.39 is 18.1 Å². The van der Waals surface area contributed by atoms with Gasteiger partial charge in [-0.1, -0.05) is 12.1 Å². The summed E-state index contributed by atoms with van der Waals surface area (Å²) in [6.45, 7) is 3.75. The van der Waals surface area contributed by atoms with Gasteiger partial charge in [-0.15, -0.1) is 0 Å². The number of nitrogens with one attached hydrogen (secondary N) is 1. The largest absolute Gasteiger partial charge is 0.491 e. The topological polar surface area (TPSA) is 95.9 Å². The number of carbonyl (C=O) groups is 2. The Bertz CT molecular complexity index is 427. The van der Waals surface area contributed by atoms with Crippen LogP contribution < -0.4 is 10.1 Å². The maximum atomic E-state index is 10.9. The average molecular weight is 253 g/mol. The van der Waals surface area contributed by atoms with Crippen molar-refractivity contribution in [2.45, 2.75) is 26.0 Å². The van der Waals surface area contributed by atoms with Crippen molar-refractivity contribution < 1.29 is 24.5 Å². The minimum absolute atomic E-state index is 0.0169. The van der Waals surface area contributed by atoms with Crippen LogP contribution in [0.2, 0.25) is 0 Å². The smallest absolute Gasteiger partial charge is 0.405 e. The Kier molecular flexibility index (Phi) is 4.53. The van der Waals surface area contributed by atoms with Gasteiger partial charge in [-0.2, -0.15) is 0 Å². The van der Waals surface area contributed by atoms with Crippen LogP contribution in [-0.2, 0) is 4.79 Å². The highest BCUT2D eigenvalue weighted by Gasteiger charge is 2.21. The molecule has 0 saturated heterocycles. The molecule has 98 valence electrons. The molecule has 0 fully saturated rings. The molecular weight excluding hydrogens is 238 g/mol.